The Labute approximate surface area is 168 Å². The van der Waals surface area contributed by atoms with E-state index in [0.717, 1.165) is 11.3 Å². The number of aromatic nitrogens is 1. The average molecular weight is 409 g/mol. The molecule has 0 radical (unpaired) electrons. The van der Waals surface area contributed by atoms with Gasteiger partial charge in [-0.05, 0) is 18.2 Å². The van der Waals surface area contributed by atoms with Gasteiger partial charge in [-0.2, -0.15) is 5.10 Å². The number of amides is 1. The minimum atomic E-state index is -0.448. The number of nitrogens with one attached hydrogen (secondary N) is 1. The van der Waals surface area contributed by atoms with Crippen molar-refractivity contribution in [2.24, 2.45) is 10.1 Å². The van der Waals surface area contributed by atoms with Crippen LogP contribution in [0.3, 0.4) is 0 Å². The van der Waals surface area contributed by atoms with Crippen LogP contribution in [0.2, 0.25) is 0 Å². The summed E-state index contributed by atoms with van der Waals surface area (Å²) >= 11 is 1.41. The van der Waals surface area contributed by atoms with Gasteiger partial charge in [-0.3, -0.25) is 19.9 Å². The summed E-state index contributed by atoms with van der Waals surface area (Å²) in [6.45, 7) is -0.00281. The Morgan fingerprint density at radius 1 is 1.31 bits per heavy atom. The molecule has 0 saturated heterocycles. The summed E-state index contributed by atoms with van der Waals surface area (Å²) in [5.74, 6) is 0.399. The van der Waals surface area contributed by atoms with Crippen molar-refractivity contribution >= 4 is 34.8 Å². The molecule has 0 unspecified atom stereocenters. The third-order valence-electron chi connectivity index (χ3n) is 4.19. The average Bonchev–Trinajstić information content (AvgIpc) is 3.14. The molecule has 29 heavy (non-hydrogen) atoms. The summed E-state index contributed by atoms with van der Waals surface area (Å²) in [6, 6.07) is 11.7. The standard InChI is InChI=1S/C19H15N5O4S/c1-20-19-23(21-9-12-3-2-4-14(7-12)24(26)27)16(11-29-19)13-5-6-17-15(8-13)22-18(25)10-28-17/h2-9,11H,10H2,1H3,(H,22,25). The van der Waals surface area contributed by atoms with E-state index in [0.29, 0.717) is 21.8 Å². The first-order valence-electron chi connectivity index (χ1n) is 8.54. The number of nitro groups is 1. The molecule has 9 nitrogen and oxygen atoms in total. The summed E-state index contributed by atoms with van der Waals surface area (Å²) in [6.07, 6.45) is 1.54. The summed E-state index contributed by atoms with van der Waals surface area (Å²) in [7, 11) is 1.66. The lowest BCUT2D eigenvalue weighted by molar-refractivity contribution is -0.384. The van der Waals surface area contributed by atoms with Gasteiger partial charge in [0.25, 0.3) is 11.6 Å². The van der Waals surface area contributed by atoms with Gasteiger partial charge in [0, 0.05) is 35.7 Å². The summed E-state index contributed by atoms with van der Waals surface area (Å²) in [4.78, 5) is 27.0. The lowest BCUT2D eigenvalue weighted by Gasteiger charge is -2.18. The number of thiazole rings is 1. The number of hydrogen-bond donors (Lipinski definition) is 1. The maximum Gasteiger partial charge on any atom is 0.270 e. The maximum atomic E-state index is 11.6. The first-order chi connectivity index (χ1) is 14.0. The molecule has 0 aliphatic carbocycles. The number of hydrogen-bond acceptors (Lipinski definition) is 7. The predicted octanol–water partition coefficient (Wildman–Crippen LogP) is 2.87. The van der Waals surface area contributed by atoms with Crippen LogP contribution in [-0.2, 0) is 4.79 Å². The number of carbonyl (C=O) groups excluding carboxylic acids is 1. The second kappa shape index (κ2) is 7.68. The van der Waals surface area contributed by atoms with E-state index in [2.05, 4.69) is 15.4 Å². The predicted molar refractivity (Wildman–Crippen MR) is 109 cm³/mol. The summed E-state index contributed by atoms with van der Waals surface area (Å²) in [5.41, 5.74) is 2.76. The Balaban J connectivity index is 1.74. The fourth-order valence-corrected chi connectivity index (χ4v) is 3.65. The lowest BCUT2D eigenvalue weighted by atomic mass is 10.1. The molecule has 1 N–H and O–H groups in total. The zero-order chi connectivity index (χ0) is 20.4. The van der Waals surface area contributed by atoms with Gasteiger partial charge in [-0.1, -0.05) is 12.1 Å². The van der Waals surface area contributed by atoms with Gasteiger partial charge >= 0.3 is 0 Å². The topological polar surface area (TPSA) is 111 Å². The number of carbonyl (C=O) groups is 1. The SMILES string of the molecule is CN=c1scc(-c2ccc3c(c2)NC(=O)CO3)n1N=Cc1cccc([N+](=O)[O-])c1. The smallest absolute Gasteiger partial charge is 0.270 e. The van der Waals surface area contributed by atoms with E-state index in [1.807, 2.05) is 17.5 Å². The van der Waals surface area contributed by atoms with E-state index in [1.165, 1.54) is 23.5 Å². The number of benzene rings is 2. The van der Waals surface area contributed by atoms with Crippen molar-refractivity contribution < 1.29 is 14.5 Å². The second-order valence-corrected chi connectivity index (χ2v) is 6.92. The van der Waals surface area contributed by atoms with Crippen LogP contribution in [-0.4, -0.2) is 35.4 Å². The molecule has 0 spiro atoms. The first kappa shape index (κ1) is 18.6. The van der Waals surface area contributed by atoms with Crippen molar-refractivity contribution in [2.45, 2.75) is 0 Å². The largest absolute Gasteiger partial charge is 0.482 e. The van der Waals surface area contributed by atoms with E-state index in [1.54, 1.807) is 36.1 Å². The molecule has 2 aromatic carbocycles. The molecule has 1 amide bonds. The van der Waals surface area contributed by atoms with Gasteiger partial charge in [-0.25, -0.2) is 4.68 Å². The minimum absolute atomic E-state index is 0.00281. The monoisotopic (exact) mass is 409 g/mol. The number of nitrogens with zero attached hydrogens (tertiary/aromatic N) is 4. The highest BCUT2D eigenvalue weighted by Gasteiger charge is 2.17. The molecule has 1 aliphatic heterocycles. The molecule has 0 saturated carbocycles. The molecule has 10 heteroatoms. The Kier molecular flexibility index (Phi) is 4.92. The number of non-ortho nitro benzene ring substituents is 1. The summed E-state index contributed by atoms with van der Waals surface area (Å²) < 4.78 is 7.05. The van der Waals surface area contributed by atoms with Gasteiger partial charge in [0.15, 0.2) is 6.61 Å². The van der Waals surface area contributed by atoms with Crippen molar-refractivity contribution in [1.82, 2.24) is 4.68 Å². The highest BCUT2D eigenvalue weighted by atomic mass is 32.1. The van der Waals surface area contributed by atoms with Crippen LogP contribution in [0.4, 0.5) is 11.4 Å². The first-order valence-corrected chi connectivity index (χ1v) is 9.42. The zero-order valence-electron chi connectivity index (χ0n) is 15.2. The van der Waals surface area contributed by atoms with Crippen LogP contribution in [0.5, 0.6) is 5.75 Å². The van der Waals surface area contributed by atoms with Crippen molar-refractivity contribution in [1.29, 1.82) is 0 Å². The minimum Gasteiger partial charge on any atom is -0.482 e. The van der Waals surface area contributed by atoms with Crippen LogP contribution in [0.15, 0.2) is 57.9 Å². The van der Waals surface area contributed by atoms with E-state index < -0.39 is 4.92 Å². The Bertz CT molecular complexity index is 1210. The number of ether oxygens (including phenoxy) is 1. The molecule has 146 valence electrons. The third-order valence-corrected chi connectivity index (χ3v) is 5.10. The van der Waals surface area contributed by atoms with Gasteiger partial charge in [0.05, 0.1) is 22.5 Å². The van der Waals surface area contributed by atoms with Crippen molar-refractivity contribution in [3.63, 3.8) is 0 Å². The van der Waals surface area contributed by atoms with Gasteiger partial charge in [0.1, 0.15) is 5.75 Å². The second-order valence-electron chi connectivity index (χ2n) is 6.08. The van der Waals surface area contributed by atoms with E-state index in [9.17, 15) is 14.9 Å². The molecule has 4 rings (SSSR count). The number of nitro benzene ring substituents is 1. The number of rotatable bonds is 4. The van der Waals surface area contributed by atoms with Crippen LogP contribution >= 0.6 is 11.3 Å². The molecular weight excluding hydrogens is 394 g/mol. The Morgan fingerprint density at radius 3 is 2.97 bits per heavy atom. The fourth-order valence-electron chi connectivity index (χ4n) is 2.85. The van der Waals surface area contributed by atoms with Crippen molar-refractivity contribution in [2.75, 3.05) is 19.0 Å². The quantitative estimate of drug-likeness (QED) is 0.406. The van der Waals surface area contributed by atoms with E-state index in [-0.39, 0.29) is 18.2 Å². The molecular formula is C19H15N5O4S. The molecule has 1 aromatic heterocycles. The Hall–Kier alpha value is -3.79. The van der Waals surface area contributed by atoms with E-state index in [4.69, 9.17) is 4.74 Å². The third kappa shape index (κ3) is 3.78. The Morgan fingerprint density at radius 2 is 2.17 bits per heavy atom. The normalized spacial score (nSPS) is 13.8. The lowest BCUT2D eigenvalue weighted by Crippen LogP contribution is -2.25. The molecule has 0 fully saturated rings. The molecule has 3 aromatic rings. The van der Waals surface area contributed by atoms with Crippen LogP contribution in [0.25, 0.3) is 11.3 Å². The van der Waals surface area contributed by atoms with Crippen LogP contribution < -0.4 is 14.9 Å². The maximum absolute atomic E-state index is 11.6. The van der Waals surface area contributed by atoms with Gasteiger partial charge in [0.2, 0.25) is 4.80 Å². The summed E-state index contributed by atoms with van der Waals surface area (Å²) in [5, 5.41) is 20.1. The highest BCUT2D eigenvalue weighted by molar-refractivity contribution is 7.07. The molecule has 0 atom stereocenters. The van der Waals surface area contributed by atoms with Crippen LogP contribution in [0, 0.1) is 10.1 Å². The number of fused-ring (bicyclic) bond motifs is 1. The number of anilines is 1. The zero-order valence-corrected chi connectivity index (χ0v) is 16.0. The molecule has 1 aliphatic rings. The van der Waals surface area contributed by atoms with Crippen molar-refractivity contribution in [3.8, 4) is 17.0 Å². The van der Waals surface area contributed by atoms with Gasteiger partial charge < -0.3 is 10.1 Å². The molecule has 0 bridgehead atoms. The van der Waals surface area contributed by atoms with E-state index >= 15 is 0 Å². The van der Waals surface area contributed by atoms with Gasteiger partial charge in [-0.15, -0.1) is 11.3 Å². The van der Waals surface area contributed by atoms with Crippen LogP contribution in [0.1, 0.15) is 5.56 Å². The highest BCUT2D eigenvalue weighted by Crippen LogP contribution is 2.32. The fraction of sp³-hybridized carbons (Fsp3) is 0.105. The van der Waals surface area contributed by atoms with Crippen molar-refractivity contribution in [3.05, 3.63) is 68.3 Å². The molecule has 2 heterocycles.